The number of hydrogen-bond donors (Lipinski definition) is 1. The number of hydrogen-bond acceptors (Lipinski definition) is 6. The van der Waals surface area contributed by atoms with Gasteiger partial charge in [-0.1, -0.05) is 23.5 Å². The molecule has 0 fully saturated rings. The highest BCUT2D eigenvalue weighted by atomic mass is 32.1. The molecule has 1 atom stereocenters. The minimum Gasteiger partial charge on any atom is -0.497 e. The highest BCUT2D eigenvalue weighted by molar-refractivity contribution is 7.23. The molecule has 0 bridgehead atoms. The number of para-hydroxylation sites is 1. The number of ether oxygens (including phenoxy) is 2. The molecule has 2 aromatic heterocycles. The van der Waals surface area contributed by atoms with Crippen LogP contribution in [0.1, 0.15) is 25.1 Å². The number of aliphatic hydroxyl groups excluding tert-OH is 1. The van der Waals surface area contributed by atoms with Crippen LogP contribution in [0.4, 0.5) is 0 Å². The zero-order valence-corrected chi connectivity index (χ0v) is 16.4. The maximum Gasteiger partial charge on any atom is 0.308 e. The minimum absolute atomic E-state index is 0.130. The smallest absolute Gasteiger partial charge is 0.308 e. The van der Waals surface area contributed by atoms with Crippen LogP contribution < -0.4 is 4.74 Å². The van der Waals surface area contributed by atoms with Crippen LogP contribution in [0.25, 0.3) is 26.4 Å². The maximum atomic E-state index is 12.0. The van der Waals surface area contributed by atoms with Crippen LogP contribution in [0.2, 0.25) is 0 Å². The van der Waals surface area contributed by atoms with Gasteiger partial charge in [-0.3, -0.25) is 9.20 Å². The second-order valence-corrected chi connectivity index (χ2v) is 7.30. The second kappa shape index (κ2) is 7.61. The van der Waals surface area contributed by atoms with Gasteiger partial charge in [0.25, 0.3) is 0 Å². The molecule has 0 radical (unpaired) electrons. The molecule has 1 N–H and O–H groups in total. The Bertz CT molecular complexity index is 1130. The van der Waals surface area contributed by atoms with Crippen molar-refractivity contribution in [3.05, 3.63) is 54.2 Å². The number of benzene rings is 2. The highest BCUT2D eigenvalue weighted by Gasteiger charge is 2.26. The first-order valence-electron chi connectivity index (χ1n) is 9.00. The SMILES string of the molecule is CCOC(=O)CC(O)c1c(-c2ccc(OC)cc2)nc2sc3ccccc3n12. The zero-order chi connectivity index (χ0) is 19.7. The molecule has 7 heteroatoms. The Balaban J connectivity index is 1.89. The molecule has 2 heterocycles. The number of aliphatic hydroxyl groups is 1. The van der Waals surface area contributed by atoms with Gasteiger partial charge in [0.1, 0.15) is 11.9 Å². The van der Waals surface area contributed by atoms with Gasteiger partial charge in [0.2, 0.25) is 0 Å². The average molecular weight is 396 g/mol. The van der Waals surface area contributed by atoms with Gasteiger partial charge in [-0.2, -0.15) is 0 Å². The predicted molar refractivity (Wildman–Crippen MR) is 109 cm³/mol. The fraction of sp³-hybridized carbons (Fsp3) is 0.238. The molecule has 28 heavy (non-hydrogen) atoms. The molecule has 2 aromatic carbocycles. The average Bonchev–Trinajstić information content (AvgIpc) is 3.24. The van der Waals surface area contributed by atoms with E-state index in [1.165, 1.54) is 0 Å². The third kappa shape index (κ3) is 3.23. The van der Waals surface area contributed by atoms with Gasteiger partial charge in [0, 0.05) is 5.56 Å². The van der Waals surface area contributed by atoms with E-state index in [4.69, 9.17) is 14.5 Å². The third-order valence-electron chi connectivity index (χ3n) is 4.53. The molecular formula is C21H20N2O4S. The van der Waals surface area contributed by atoms with Gasteiger partial charge in [0.15, 0.2) is 4.96 Å². The number of imidazole rings is 1. The van der Waals surface area contributed by atoms with Gasteiger partial charge < -0.3 is 14.6 Å². The van der Waals surface area contributed by atoms with Crippen LogP contribution in [0.5, 0.6) is 5.75 Å². The molecule has 6 nitrogen and oxygen atoms in total. The van der Waals surface area contributed by atoms with Crippen LogP contribution in [0.15, 0.2) is 48.5 Å². The number of nitrogens with zero attached hydrogens (tertiary/aromatic N) is 2. The van der Waals surface area contributed by atoms with Gasteiger partial charge in [-0.25, -0.2) is 4.98 Å². The lowest BCUT2D eigenvalue weighted by atomic mass is 10.0. The normalized spacial score (nSPS) is 12.4. The molecule has 144 valence electrons. The lowest BCUT2D eigenvalue weighted by Gasteiger charge is -2.13. The molecule has 0 saturated heterocycles. The largest absolute Gasteiger partial charge is 0.497 e. The first kappa shape index (κ1) is 18.5. The number of carbonyl (C=O) groups is 1. The van der Waals surface area contributed by atoms with Crippen molar-refractivity contribution >= 4 is 32.5 Å². The fourth-order valence-corrected chi connectivity index (χ4v) is 4.31. The summed E-state index contributed by atoms with van der Waals surface area (Å²) >= 11 is 1.55. The molecule has 4 aromatic rings. The molecule has 0 amide bonds. The molecule has 0 aliphatic heterocycles. The van der Waals surface area contributed by atoms with Crippen LogP contribution in [-0.2, 0) is 9.53 Å². The summed E-state index contributed by atoms with van der Waals surface area (Å²) in [5, 5.41) is 10.9. The summed E-state index contributed by atoms with van der Waals surface area (Å²) in [7, 11) is 1.61. The van der Waals surface area contributed by atoms with Crippen LogP contribution in [0, 0.1) is 0 Å². The van der Waals surface area contributed by atoms with Crippen molar-refractivity contribution in [3.8, 4) is 17.0 Å². The summed E-state index contributed by atoms with van der Waals surface area (Å²) in [6.07, 6.45) is -1.17. The van der Waals surface area contributed by atoms with Crippen molar-refractivity contribution in [2.24, 2.45) is 0 Å². The quantitative estimate of drug-likeness (QED) is 0.494. The Morgan fingerprint density at radius 1 is 1.21 bits per heavy atom. The van der Waals surface area contributed by atoms with Crippen molar-refractivity contribution in [3.63, 3.8) is 0 Å². The molecule has 1 unspecified atom stereocenters. The summed E-state index contributed by atoms with van der Waals surface area (Å²) in [6.45, 7) is 2.02. The van der Waals surface area contributed by atoms with E-state index in [0.717, 1.165) is 26.5 Å². The van der Waals surface area contributed by atoms with Gasteiger partial charge >= 0.3 is 5.97 Å². The molecule has 4 rings (SSSR count). The minimum atomic E-state index is -1.04. The molecule has 0 saturated carbocycles. The van der Waals surface area contributed by atoms with E-state index in [0.29, 0.717) is 11.4 Å². The maximum absolute atomic E-state index is 12.0. The van der Waals surface area contributed by atoms with Crippen molar-refractivity contribution in [1.82, 2.24) is 9.38 Å². The second-order valence-electron chi connectivity index (χ2n) is 6.29. The summed E-state index contributed by atoms with van der Waals surface area (Å²) < 4.78 is 13.3. The van der Waals surface area contributed by atoms with E-state index < -0.39 is 12.1 Å². The first-order valence-corrected chi connectivity index (χ1v) is 9.82. The summed E-state index contributed by atoms with van der Waals surface area (Å²) in [5.41, 5.74) is 3.04. The topological polar surface area (TPSA) is 73.1 Å². The van der Waals surface area contributed by atoms with Crippen molar-refractivity contribution in [2.75, 3.05) is 13.7 Å². The van der Waals surface area contributed by atoms with Crippen LogP contribution >= 0.6 is 11.3 Å². The standard InChI is InChI=1S/C21H20N2O4S/c1-3-27-18(25)12-16(24)20-19(13-8-10-14(26-2)11-9-13)22-21-23(20)15-6-4-5-7-17(15)28-21/h4-11,16,24H,3,12H2,1-2H3. The molecule has 0 aliphatic rings. The number of fused-ring (bicyclic) bond motifs is 3. The first-order chi connectivity index (χ1) is 13.6. The van der Waals surface area contributed by atoms with E-state index >= 15 is 0 Å². The van der Waals surface area contributed by atoms with Crippen LogP contribution in [0.3, 0.4) is 0 Å². The number of carbonyl (C=O) groups excluding carboxylic acids is 1. The number of esters is 1. The molecule has 0 aliphatic carbocycles. The van der Waals surface area contributed by atoms with E-state index in [2.05, 4.69) is 0 Å². The summed E-state index contributed by atoms with van der Waals surface area (Å²) in [5.74, 6) is 0.300. The Morgan fingerprint density at radius 3 is 2.68 bits per heavy atom. The van der Waals surface area contributed by atoms with Crippen molar-refractivity contribution in [1.29, 1.82) is 0 Å². The monoisotopic (exact) mass is 396 g/mol. The van der Waals surface area contributed by atoms with E-state index in [9.17, 15) is 9.90 Å². The number of thiazole rings is 1. The molecule has 0 spiro atoms. The Hall–Kier alpha value is -2.90. The molecular weight excluding hydrogens is 376 g/mol. The summed E-state index contributed by atoms with van der Waals surface area (Å²) in [4.78, 5) is 17.5. The predicted octanol–water partition coefficient (Wildman–Crippen LogP) is 4.21. The Kier molecular flexibility index (Phi) is 5.02. The number of rotatable bonds is 6. The van der Waals surface area contributed by atoms with Gasteiger partial charge in [0.05, 0.1) is 41.7 Å². The zero-order valence-electron chi connectivity index (χ0n) is 15.6. The van der Waals surface area contributed by atoms with E-state index in [-0.39, 0.29) is 13.0 Å². The third-order valence-corrected chi connectivity index (χ3v) is 5.56. The van der Waals surface area contributed by atoms with Crippen LogP contribution in [-0.4, -0.2) is 34.2 Å². The number of methoxy groups -OCH3 is 1. The Labute approximate surface area is 166 Å². The van der Waals surface area contributed by atoms with E-state index in [1.54, 1.807) is 25.4 Å². The van der Waals surface area contributed by atoms with Gasteiger partial charge in [-0.05, 0) is 43.3 Å². The van der Waals surface area contributed by atoms with Gasteiger partial charge in [-0.15, -0.1) is 0 Å². The van der Waals surface area contributed by atoms with Crippen molar-refractivity contribution in [2.45, 2.75) is 19.4 Å². The van der Waals surface area contributed by atoms with Crippen molar-refractivity contribution < 1.29 is 19.4 Å². The van der Waals surface area contributed by atoms with E-state index in [1.807, 2.05) is 52.9 Å². The Morgan fingerprint density at radius 2 is 1.96 bits per heavy atom. The lowest BCUT2D eigenvalue weighted by Crippen LogP contribution is -2.12. The fourth-order valence-electron chi connectivity index (χ4n) is 3.28. The summed E-state index contributed by atoms with van der Waals surface area (Å²) in [6, 6.07) is 15.4. The lowest BCUT2D eigenvalue weighted by molar-refractivity contribution is -0.145. The highest BCUT2D eigenvalue weighted by Crippen LogP contribution is 2.37. The number of aromatic nitrogens is 2.